The number of aromatic hydroxyl groups is 1. The molecule has 2 amide bonds. The number of phenolic OH excluding ortho intramolecular Hbond substituents is 1. The van der Waals surface area contributed by atoms with Crippen LogP contribution in [-0.4, -0.2) is 29.1 Å². The zero-order chi connectivity index (χ0) is 23.3. The number of phenols is 1. The Labute approximate surface area is 191 Å². The molecule has 8 heteroatoms. The lowest BCUT2D eigenvalue weighted by Gasteiger charge is -2.42. The third-order valence-corrected chi connectivity index (χ3v) is 7.12. The van der Waals surface area contributed by atoms with Crippen LogP contribution in [0.4, 0.5) is 10.1 Å². The van der Waals surface area contributed by atoms with Gasteiger partial charge in [-0.15, -0.1) is 0 Å². The van der Waals surface area contributed by atoms with Crippen molar-refractivity contribution in [3.63, 3.8) is 0 Å². The summed E-state index contributed by atoms with van der Waals surface area (Å²) in [5.74, 6) is -3.19. The molecule has 3 aliphatic rings. The average molecular weight is 449 g/mol. The number of hydrogen-bond acceptors (Lipinski definition) is 5. The minimum Gasteiger partial charge on any atom is -0.505 e. The topological polar surface area (TPSA) is 87.1 Å². The van der Waals surface area contributed by atoms with Crippen molar-refractivity contribution >= 4 is 24.6 Å². The molecule has 2 aromatic carbocycles. The lowest BCUT2D eigenvalue weighted by Crippen LogP contribution is -2.45. The Kier molecular flexibility index (Phi) is 5.58. The number of fused-ring (bicyclic) bond motifs is 3. The predicted molar refractivity (Wildman–Crippen MR) is 120 cm³/mol. The van der Waals surface area contributed by atoms with Crippen LogP contribution in [0.2, 0.25) is 0 Å². The van der Waals surface area contributed by atoms with Gasteiger partial charge in [0.1, 0.15) is 0 Å². The van der Waals surface area contributed by atoms with E-state index in [0.29, 0.717) is 36.0 Å². The Morgan fingerprint density at radius 3 is 2.58 bits per heavy atom. The predicted octanol–water partition coefficient (Wildman–Crippen LogP) is 3.93. The molecule has 4 atom stereocenters. The summed E-state index contributed by atoms with van der Waals surface area (Å²) >= 11 is 0. The summed E-state index contributed by atoms with van der Waals surface area (Å²) in [7, 11) is -1.23. The Hall–Kier alpha value is -2.97. The molecule has 0 saturated carbocycles. The molecule has 2 aromatic rings. The molecule has 0 spiro atoms. The van der Waals surface area contributed by atoms with E-state index >= 15 is 0 Å². The number of carbonyl (C=O) groups excluding carboxylic acids is 2. The van der Waals surface area contributed by atoms with Gasteiger partial charge < -0.3 is 14.8 Å². The fourth-order valence-electron chi connectivity index (χ4n) is 5.72. The van der Waals surface area contributed by atoms with E-state index < -0.39 is 36.6 Å². The number of carbonyl (C=O) groups is 2. The Morgan fingerprint density at radius 1 is 1.12 bits per heavy atom. The molecule has 0 aromatic heterocycles. The minimum atomic E-state index is -1.23. The van der Waals surface area contributed by atoms with Crippen LogP contribution >= 0.6 is 0 Å². The monoisotopic (exact) mass is 449 g/mol. The van der Waals surface area contributed by atoms with Crippen LogP contribution in [0, 0.1) is 23.6 Å². The number of hydrogen-bond donors (Lipinski definition) is 2. The van der Waals surface area contributed by atoms with Gasteiger partial charge in [0.2, 0.25) is 11.8 Å². The second-order valence-electron chi connectivity index (χ2n) is 9.02. The van der Waals surface area contributed by atoms with Gasteiger partial charge in [0.05, 0.1) is 23.6 Å². The number of nitrogens with zero attached hydrogens (tertiary/aromatic N) is 1. The van der Waals surface area contributed by atoms with Crippen LogP contribution in [0.25, 0.3) is 0 Å². The van der Waals surface area contributed by atoms with E-state index in [4.69, 9.17) is 4.65 Å². The van der Waals surface area contributed by atoms with Gasteiger partial charge in [0, 0.05) is 0 Å². The molecule has 0 radical (unpaired) electrons. The Morgan fingerprint density at radius 2 is 1.88 bits per heavy atom. The summed E-state index contributed by atoms with van der Waals surface area (Å²) in [6.45, 7) is 2.03. The van der Waals surface area contributed by atoms with Crippen LogP contribution in [-0.2, 0) is 14.2 Å². The first kappa shape index (κ1) is 21.9. The first-order valence-corrected chi connectivity index (χ1v) is 11.4. The van der Waals surface area contributed by atoms with Gasteiger partial charge in [-0.3, -0.25) is 14.5 Å². The summed E-state index contributed by atoms with van der Waals surface area (Å²) in [6, 6.07) is 12.9. The maximum Gasteiger partial charge on any atom is 0.487 e. The second-order valence-corrected chi connectivity index (χ2v) is 9.02. The first-order chi connectivity index (χ1) is 15.9. The second kappa shape index (κ2) is 8.43. The zero-order valence-corrected chi connectivity index (χ0v) is 18.3. The van der Waals surface area contributed by atoms with Crippen molar-refractivity contribution < 1.29 is 28.8 Å². The number of imide groups is 1. The molecule has 1 aliphatic carbocycles. The highest BCUT2D eigenvalue weighted by atomic mass is 19.1. The van der Waals surface area contributed by atoms with E-state index in [0.717, 1.165) is 12.0 Å². The third-order valence-electron chi connectivity index (χ3n) is 7.12. The molecule has 5 rings (SSSR count). The fraction of sp³-hybridized carbons (Fsp3) is 0.360. The van der Waals surface area contributed by atoms with E-state index in [-0.39, 0.29) is 17.7 Å². The number of rotatable bonds is 4. The van der Waals surface area contributed by atoms with E-state index in [1.54, 1.807) is 30.3 Å². The minimum absolute atomic E-state index is 0.211. The van der Waals surface area contributed by atoms with Crippen molar-refractivity contribution in [1.29, 1.82) is 0 Å². The van der Waals surface area contributed by atoms with Gasteiger partial charge in [-0.25, -0.2) is 4.39 Å². The van der Waals surface area contributed by atoms with Crippen LogP contribution in [0.5, 0.6) is 5.75 Å². The number of amides is 2. The number of anilines is 1. The lowest BCUT2D eigenvalue weighted by molar-refractivity contribution is -0.123. The first-order valence-electron chi connectivity index (χ1n) is 11.4. The highest BCUT2D eigenvalue weighted by molar-refractivity contribution is 6.53. The Balaban J connectivity index is 1.55. The van der Waals surface area contributed by atoms with Gasteiger partial charge in [0.15, 0.2) is 11.6 Å². The van der Waals surface area contributed by atoms with E-state index in [1.165, 1.54) is 17.0 Å². The number of halogens is 1. The molecular weight excluding hydrogens is 424 g/mol. The van der Waals surface area contributed by atoms with Crippen molar-refractivity contribution in [2.24, 2.45) is 17.8 Å². The molecule has 0 bridgehead atoms. The van der Waals surface area contributed by atoms with Crippen molar-refractivity contribution in [2.75, 3.05) is 4.90 Å². The van der Waals surface area contributed by atoms with Crippen LogP contribution in [0.3, 0.4) is 0 Å². The van der Waals surface area contributed by atoms with Crippen LogP contribution < -0.4 is 4.90 Å². The summed E-state index contributed by atoms with van der Waals surface area (Å²) in [5, 5.41) is 20.5. The van der Waals surface area contributed by atoms with Crippen molar-refractivity contribution in [3.8, 4) is 5.75 Å². The van der Waals surface area contributed by atoms with E-state index in [2.05, 4.69) is 0 Å². The largest absolute Gasteiger partial charge is 0.505 e. The molecule has 2 N–H and O–H groups in total. The molecule has 0 unspecified atom stereocenters. The molecular formula is C25H25BFNO5. The van der Waals surface area contributed by atoms with E-state index in [1.807, 2.05) is 13.0 Å². The highest BCUT2D eigenvalue weighted by Gasteiger charge is 2.58. The quantitative estimate of drug-likeness (QED) is 0.546. The standard InChI is InChI=1S/C25H25BFNO5/c1-2-6-15-11-18-22(25(31)28(24(18)30)16-7-4-3-5-8-16)17-13-21(33-26(32)23(15)17)14-9-10-20(29)19(27)12-14/h3-5,7-10,12,17-18,21-22,29,32H,2,6,11,13H2,1H3/t17-,18-,21-,22+/m0/s1. The van der Waals surface area contributed by atoms with Gasteiger partial charge in [-0.1, -0.05) is 43.2 Å². The number of allylic oxidation sites excluding steroid dienone is 2. The Bertz CT molecular complexity index is 1140. The highest BCUT2D eigenvalue weighted by Crippen LogP contribution is 2.52. The molecule has 170 valence electrons. The van der Waals surface area contributed by atoms with Gasteiger partial charge in [-0.05, 0) is 60.5 Å². The fourth-order valence-corrected chi connectivity index (χ4v) is 5.72. The van der Waals surface area contributed by atoms with Gasteiger partial charge in [0.25, 0.3) is 0 Å². The van der Waals surface area contributed by atoms with Gasteiger partial charge in [-0.2, -0.15) is 0 Å². The molecule has 6 nitrogen and oxygen atoms in total. The zero-order valence-electron chi connectivity index (χ0n) is 18.3. The number of benzene rings is 2. The average Bonchev–Trinajstić information content (AvgIpc) is 3.06. The summed E-state index contributed by atoms with van der Waals surface area (Å²) < 4.78 is 19.9. The van der Waals surface area contributed by atoms with Crippen molar-refractivity contribution in [2.45, 2.75) is 38.7 Å². The van der Waals surface area contributed by atoms with Crippen molar-refractivity contribution in [3.05, 3.63) is 71.0 Å². The molecule has 2 aliphatic heterocycles. The van der Waals surface area contributed by atoms with E-state index in [9.17, 15) is 24.1 Å². The van der Waals surface area contributed by atoms with Crippen LogP contribution in [0.15, 0.2) is 59.6 Å². The maximum absolute atomic E-state index is 14.0. The third kappa shape index (κ3) is 3.58. The van der Waals surface area contributed by atoms with Crippen molar-refractivity contribution in [1.82, 2.24) is 0 Å². The summed E-state index contributed by atoms with van der Waals surface area (Å²) in [5.41, 5.74) is 2.69. The number of para-hydroxylation sites is 1. The molecule has 2 heterocycles. The lowest BCUT2D eigenvalue weighted by atomic mass is 9.54. The summed E-state index contributed by atoms with van der Waals surface area (Å²) in [4.78, 5) is 28.3. The normalized spacial score (nSPS) is 27.1. The molecule has 33 heavy (non-hydrogen) atoms. The maximum atomic E-state index is 14.0. The van der Waals surface area contributed by atoms with Crippen LogP contribution in [0.1, 0.15) is 44.3 Å². The molecule has 2 saturated heterocycles. The smallest absolute Gasteiger partial charge is 0.487 e. The van der Waals surface area contributed by atoms with Gasteiger partial charge >= 0.3 is 7.12 Å². The molecule has 2 fully saturated rings. The SMILES string of the molecule is CCCC1=C2B(O)O[C@H](c3ccc(O)c(F)c3)C[C@H]2[C@H]2C(=O)N(c3ccccc3)C(=O)[C@H]2C1. The summed E-state index contributed by atoms with van der Waals surface area (Å²) in [6.07, 6.45) is 1.65.